The van der Waals surface area contributed by atoms with Crippen molar-refractivity contribution in [1.29, 1.82) is 0 Å². The Bertz CT molecular complexity index is 372. The number of pyridine rings is 1. The van der Waals surface area contributed by atoms with Crippen LogP contribution in [0.3, 0.4) is 0 Å². The molecule has 0 radical (unpaired) electrons. The van der Waals surface area contributed by atoms with Crippen molar-refractivity contribution in [2.75, 3.05) is 13.2 Å². The summed E-state index contributed by atoms with van der Waals surface area (Å²) in [5.41, 5.74) is 9.67. The maximum absolute atomic E-state index is 5.92. The van der Waals surface area contributed by atoms with Crippen LogP contribution in [0.2, 0.25) is 0 Å². The monoisotopic (exact) mass is 204 g/mol. The van der Waals surface area contributed by atoms with Gasteiger partial charge in [0.15, 0.2) is 0 Å². The molecule has 2 aliphatic rings. The Morgan fingerprint density at radius 2 is 2.27 bits per heavy atom. The van der Waals surface area contributed by atoms with E-state index in [-0.39, 0.29) is 6.04 Å². The van der Waals surface area contributed by atoms with Crippen LogP contribution in [-0.2, 0) is 17.6 Å². The van der Waals surface area contributed by atoms with Gasteiger partial charge in [-0.25, -0.2) is 0 Å². The second-order valence-electron chi connectivity index (χ2n) is 4.57. The van der Waals surface area contributed by atoms with E-state index in [1.165, 1.54) is 17.0 Å². The van der Waals surface area contributed by atoms with E-state index < -0.39 is 0 Å². The molecule has 0 bridgehead atoms. The van der Waals surface area contributed by atoms with E-state index in [2.05, 4.69) is 12.1 Å². The zero-order chi connectivity index (χ0) is 10.3. The second-order valence-corrected chi connectivity index (χ2v) is 4.57. The van der Waals surface area contributed by atoms with Crippen LogP contribution in [-0.4, -0.2) is 24.2 Å². The van der Waals surface area contributed by atoms with E-state index in [1.54, 1.807) is 0 Å². The molecular weight excluding hydrogens is 188 g/mol. The van der Waals surface area contributed by atoms with E-state index in [1.807, 2.05) is 0 Å². The Morgan fingerprint density at radius 1 is 1.33 bits per heavy atom. The fraction of sp³-hybridized carbons (Fsp3) is 0.583. The smallest absolute Gasteiger partial charge is 0.0550 e. The average Bonchev–Trinajstić information content (AvgIpc) is 2.82. The van der Waals surface area contributed by atoms with Crippen LogP contribution in [0.5, 0.6) is 0 Å². The Labute approximate surface area is 89.6 Å². The molecule has 1 aromatic heterocycles. The molecule has 1 aromatic rings. The van der Waals surface area contributed by atoms with E-state index in [4.69, 9.17) is 15.5 Å². The summed E-state index contributed by atoms with van der Waals surface area (Å²) in [5.74, 6) is 0.507. The van der Waals surface area contributed by atoms with Gasteiger partial charge in [-0.2, -0.15) is 0 Å². The van der Waals surface area contributed by atoms with Gasteiger partial charge in [-0.1, -0.05) is 6.07 Å². The lowest BCUT2D eigenvalue weighted by atomic mass is 10.0. The quantitative estimate of drug-likeness (QED) is 0.742. The molecule has 1 aliphatic carbocycles. The summed E-state index contributed by atoms with van der Waals surface area (Å²) >= 11 is 0. The summed E-state index contributed by atoms with van der Waals surface area (Å²) in [5, 5.41) is 0. The van der Waals surface area contributed by atoms with Gasteiger partial charge in [-0.3, -0.25) is 4.98 Å². The summed E-state index contributed by atoms with van der Waals surface area (Å²) in [6, 6.07) is 4.63. The van der Waals surface area contributed by atoms with Crippen LogP contribution in [0, 0.1) is 0 Å². The van der Waals surface area contributed by atoms with E-state index in [0.717, 1.165) is 32.5 Å². The van der Waals surface area contributed by atoms with Gasteiger partial charge in [-0.15, -0.1) is 0 Å². The minimum absolute atomic E-state index is 0.280. The minimum Gasteiger partial charge on any atom is -0.381 e. The highest BCUT2D eigenvalue weighted by atomic mass is 16.5. The van der Waals surface area contributed by atoms with Gasteiger partial charge in [0.2, 0.25) is 0 Å². The first-order valence-electron chi connectivity index (χ1n) is 5.65. The maximum Gasteiger partial charge on any atom is 0.0550 e. The summed E-state index contributed by atoms with van der Waals surface area (Å²) in [4.78, 5) is 4.73. The van der Waals surface area contributed by atoms with Crippen molar-refractivity contribution in [3.05, 3.63) is 29.1 Å². The van der Waals surface area contributed by atoms with E-state index in [0.29, 0.717) is 5.92 Å². The number of fused-ring (bicyclic) bond motifs is 1. The molecule has 0 amide bonds. The predicted octanol–water partition coefficient (Wildman–Crippen LogP) is 1.01. The summed E-state index contributed by atoms with van der Waals surface area (Å²) in [6.45, 7) is 1.71. The molecule has 2 unspecified atom stereocenters. The zero-order valence-corrected chi connectivity index (χ0v) is 8.78. The van der Waals surface area contributed by atoms with E-state index >= 15 is 0 Å². The van der Waals surface area contributed by atoms with Crippen LogP contribution in [0.4, 0.5) is 0 Å². The molecule has 2 heterocycles. The van der Waals surface area contributed by atoms with Gasteiger partial charge >= 0.3 is 0 Å². The molecule has 2 atom stereocenters. The van der Waals surface area contributed by atoms with Crippen molar-refractivity contribution in [2.24, 2.45) is 5.73 Å². The number of rotatable bonds is 1. The third-order valence-corrected chi connectivity index (χ3v) is 3.38. The number of nitrogens with zero attached hydrogens (tertiary/aromatic N) is 1. The van der Waals surface area contributed by atoms with Crippen LogP contribution in [0.15, 0.2) is 12.1 Å². The summed E-state index contributed by atoms with van der Waals surface area (Å²) < 4.78 is 5.39. The van der Waals surface area contributed by atoms with Crippen LogP contribution < -0.4 is 5.73 Å². The topological polar surface area (TPSA) is 48.1 Å². The number of hydrogen-bond donors (Lipinski definition) is 1. The van der Waals surface area contributed by atoms with Gasteiger partial charge in [0, 0.05) is 36.4 Å². The zero-order valence-electron chi connectivity index (χ0n) is 8.78. The molecule has 1 fully saturated rings. The van der Waals surface area contributed by atoms with Gasteiger partial charge in [0.05, 0.1) is 6.61 Å². The number of ether oxygens (including phenoxy) is 1. The van der Waals surface area contributed by atoms with Gasteiger partial charge < -0.3 is 10.5 Å². The van der Waals surface area contributed by atoms with Crippen molar-refractivity contribution in [2.45, 2.75) is 31.2 Å². The van der Waals surface area contributed by atoms with Crippen molar-refractivity contribution in [3.8, 4) is 0 Å². The fourth-order valence-corrected chi connectivity index (χ4v) is 2.51. The van der Waals surface area contributed by atoms with Crippen LogP contribution in [0.25, 0.3) is 0 Å². The lowest BCUT2D eigenvalue weighted by Gasteiger charge is -2.08. The molecular formula is C12H16N2O. The Balaban J connectivity index is 1.89. The third-order valence-electron chi connectivity index (χ3n) is 3.38. The SMILES string of the molecule is NC1Cc2ccc(C3CCOC3)nc2C1. The fourth-order valence-electron chi connectivity index (χ4n) is 2.51. The summed E-state index contributed by atoms with van der Waals surface area (Å²) in [7, 11) is 0. The number of aromatic nitrogens is 1. The minimum atomic E-state index is 0.280. The largest absolute Gasteiger partial charge is 0.381 e. The van der Waals surface area contributed by atoms with Gasteiger partial charge in [-0.05, 0) is 24.5 Å². The predicted molar refractivity (Wildman–Crippen MR) is 57.8 cm³/mol. The number of nitrogens with two attached hydrogens (primary N) is 1. The lowest BCUT2D eigenvalue weighted by molar-refractivity contribution is 0.193. The first-order chi connectivity index (χ1) is 7.33. The highest BCUT2D eigenvalue weighted by Crippen LogP contribution is 2.27. The standard InChI is InChI=1S/C12H16N2O/c13-10-5-8-1-2-11(14-12(8)6-10)9-3-4-15-7-9/h1-2,9-10H,3-7,13H2. The van der Waals surface area contributed by atoms with Crippen molar-refractivity contribution < 1.29 is 4.74 Å². The molecule has 3 rings (SSSR count). The van der Waals surface area contributed by atoms with Crippen LogP contribution >= 0.6 is 0 Å². The van der Waals surface area contributed by atoms with Crippen molar-refractivity contribution in [3.63, 3.8) is 0 Å². The molecule has 15 heavy (non-hydrogen) atoms. The molecule has 0 aromatic carbocycles. The maximum atomic E-state index is 5.92. The first-order valence-corrected chi connectivity index (χ1v) is 5.65. The molecule has 3 heteroatoms. The first kappa shape index (κ1) is 9.31. The molecule has 3 nitrogen and oxygen atoms in total. The van der Waals surface area contributed by atoms with Crippen molar-refractivity contribution in [1.82, 2.24) is 4.98 Å². The van der Waals surface area contributed by atoms with Crippen LogP contribution in [0.1, 0.15) is 29.3 Å². The molecule has 0 saturated carbocycles. The van der Waals surface area contributed by atoms with Gasteiger partial charge in [0.25, 0.3) is 0 Å². The highest BCUT2D eigenvalue weighted by molar-refractivity contribution is 5.30. The van der Waals surface area contributed by atoms with Crippen molar-refractivity contribution >= 4 is 0 Å². The molecule has 0 spiro atoms. The molecule has 2 N–H and O–H groups in total. The van der Waals surface area contributed by atoms with Gasteiger partial charge in [0.1, 0.15) is 0 Å². The second kappa shape index (κ2) is 3.58. The molecule has 1 aliphatic heterocycles. The Hall–Kier alpha value is -0.930. The Morgan fingerprint density at radius 3 is 3.07 bits per heavy atom. The average molecular weight is 204 g/mol. The molecule has 80 valence electrons. The highest BCUT2D eigenvalue weighted by Gasteiger charge is 2.23. The third kappa shape index (κ3) is 1.66. The summed E-state index contributed by atoms with van der Waals surface area (Å²) in [6.07, 6.45) is 3.04. The normalized spacial score (nSPS) is 29.4. The van der Waals surface area contributed by atoms with E-state index in [9.17, 15) is 0 Å². The Kier molecular flexibility index (Phi) is 2.22. The number of hydrogen-bond acceptors (Lipinski definition) is 3. The lowest BCUT2D eigenvalue weighted by Crippen LogP contribution is -2.19. The molecule has 1 saturated heterocycles.